The van der Waals surface area contributed by atoms with E-state index >= 15 is 0 Å². The van der Waals surface area contributed by atoms with E-state index in [-0.39, 0.29) is 12.5 Å². The quantitative estimate of drug-likeness (QED) is 0.477. The molecule has 0 saturated heterocycles. The molecule has 5 nitrogen and oxygen atoms in total. The molecule has 1 N–H and O–H groups in total. The van der Waals surface area contributed by atoms with E-state index in [0.717, 1.165) is 22.4 Å². The molecule has 3 aromatic rings. The average Bonchev–Trinajstić information content (AvgIpc) is 2.73. The number of nitrogens with one attached hydrogen (secondary N) is 1. The molecule has 0 radical (unpaired) electrons. The van der Waals surface area contributed by atoms with Gasteiger partial charge in [0.15, 0.2) is 6.61 Å². The van der Waals surface area contributed by atoms with Gasteiger partial charge in [-0.1, -0.05) is 48.0 Å². The van der Waals surface area contributed by atoms with E-state index in [1.54, 1.807) is 6.21 Å². The minimum absolute atomic E-state index is 0.0906. The fraction of sp³-hybridized carbons (Fsp3) is 0.130. The van der Waals surface area contributed by atoms with Crippen LogP contribution in [-0.4, -0.2) is 18.7 Å². The summed E-state index contributed by atoms with van der Waals surface area (Å²) < 4.78 is 11.1. The lowest BCUT2D eigenvalue weighted by Gasteiger charge is -2.06. The van der Waals surface area contributed by atoms with E-state index < -0.39 is 0 Å². The molecular formula is C23H22N2O3. The third-order valence-corrected chi connectivity index (χ3v) is 3.92. The third-order valence-electron chi connectivity index (χ3n) is 3.92. The van der Waals surface area contributed by atoms with Crippen molar-refractivity contribution >= 4 is 12.1 Å². The van der Waals surface area contributed by atoms with Gasteiger partial charge in [-0.2, -0.15) is 5.10 Å². The largest absolute Gasteiger partial charge is 0.489 e. The Hall–Kier alpha value is -3.60. The fourth-order valence-electron chi connectivity index (χ4n) is 2.39. The first-order valence-electron chi connectivity index (χ1n) is 8.97. The second kappa shape index (κ2) is 9.92. The molecule has 0 unspecified atom stereocenters. The van der Waals surface area contributed by atoms with Crippen molar-refractivity contribution in [1.82, 2.24) is 5.43 Å². The normalized spacial score (nSPS) is 10.6. The minimum atomic E-state index is -0.320. The highest BCUT2D eigenvalue weighted by atomic mass is 16.5. The Morgan fingerprint density at radius 1 is 0.893 bits per heavy atom. The summed E-state index contributed by atoms with van der Waals surface area (Å²) in [5.74, 6) is 1.10. The topological polar surface area (TPSA) is 59.9 Å². The molecule has 0 fully saturated rings. The van der Waals surface area contributed by atoms with Gasteiger partial charge in [0.05, 0.1) is 6.21 Å². The monoisotopic (exact) mass is 374 g/mol. The van der Waals surface area contributed by atoms with Crippen molar-refractivity contribution in [3.8, 4) is 11.5 Å². The Morgan fingerprint density at radius 3 is 2.25 bits per heavy atom. The Labute approximate surface area is 164 Å². The van der Waals surface area contributed by atoms with Crippen LogP contribution in [0.4, 0.5) is 0 Å². The van der Waals surface area contributed by atoms with Crippen LogP contribution in [-0.2, 0) is 11.4 Å². The molecule has 1 amide bonds. The standard InChI is InChI=1S/C23H22N2O3/c1-18-7-11-21(12-8-18)28-17-23(26)25-24-15-19-9-13-22(14-10-19)27-16-20-5-3-2-4-6-20/h2-15H,16-17H2,1H3,(H,25,26). The summed E-state index contributed by atoms with van der Waals surface area (Å²) in [5.41, 5.74) is 5.55. The van der Waals surface area contributed by atoms with Crippen molar-refractivity contribution in [3.63, 3.8) is 0 Å². The smallest absolute Gasteiger partial charge is 0.277 e. The van der Waals surface area contributed by atoms with Gasteiger partial charge in [0.25, 0.3) is 5.91 Å². The molecule has 0 spiro atoms. The molecule has 0 aromatic heterocycles. The van der Waals surface area contributed by atoms with Gasteiger partial charge in [-0.25, -0.2) is 5.43 Å². The highest BCUT2D eigenvalue weighted by Gasteiger charge is 2.01. The molecule has 0 heterocycles. The number of carbonyl (C=O) groups is 1. The summed E-state index contributed by atoms with van der Waals surface area (Å²) >= 11 is 0. The van der Waals surface area contributed by atoms with Gasteiger partial charge in [0.1, 0.15) is 18.1 Å². The second-order valence-electron chi connectivity index (χ2n) is 6.24. The molecule has 3 rings (SSSR count). The second-order valence-corrected chi connectivity index (χ2v) is 6.24. The van der Waals surface area contributed by atoms with Gasteiger partial charge in [-0.05, 0) is 54.4 Å². The summed E-state index contributed by atoms with van der Waals surface area (Å²) in [5, 5.41) is 3.95. The van der Waals surface area contributed by atoms with E-state index in [4.69, 9.17) is 9.47 Å². The SMILES string of the molecule is Cc1ccc(OCC(=O)NN=Cc2ccc(OCc3ccccc3)cc2)cc1. The first-order valence-corrected chi connectivity index (χ1v) is 8.97. The molecule has 0 aliphatic rings. The Bertz CT molecular complexity index is 905. The lowest BCUT2D eigenvalue weighted by molar-refractivity contribution is -0.123. The summed E-state index contributed by atoms with van der Waals surface area (Å²) in [4.78, 5) is 11.8. The van der Waals surface area contributed by atoms with Crippen molar-refractivity contribution in [1.29, 1.82) is 0 Å². The first-order chi connectivity index (χ1) is 13.7. The summed E-state index contributed by atoms with van der Waals surface area (Å²) in [6, 6.07) is 25.0. The number of nitrogens with zero attached hydrogens (tertiary/aromatic N) is 1. The van der Waals surface area contributed by atoms with Crippen molar-refractivity contribution in [2.75, 3.05) is 6.61 Å². The zero-order valence-electron chi connectivity index (χ0n) is 15.7. The predicted molar refractivity (Wildman–Crippen MR) is 110 cm³/mol. The molecule has 28 heavy (non-hydrogen) atoms. The zero-order valence-corrected chi connectivity index (χ0v) is 15.7. The lowest BCUT2D eigenvalue weighted by Crippen LogP contribution is -2.24. The number of aryl methyl sites for hydroxylation is 1. The predicted octanol–water partition coefficient (Wildman–Crippen LogP) is 4.10. The maximum Gasteiger partial charge on any atom is 0.277 e. The summed E-state index contributed by atoms with van der Waals surface area (Å²) in [6.07, 6.45) is 1.57. The first kappa shape index (κ1) is 19.2. The van der Waals surface area contributed by atoms with Crippen molar-refractivity contribution in [3.05, 3.63) is 95.6 Å². The Kier molecular flexibility index (Phi) is 6.79. The molecular weight excluding hydrogens is 352 g/mol. The maximum absolute atomic E-state index is 11.8. The molecule has 0 aliphatic heterocycles. The fourth-order valence-corrected chi connectivity index (χ4v) is 2.39. The minimum Gasteiger partial charge on any atom is -0.489 e. The summed E-state index contributed by atoms with van der Waals surface area (Å²) in [6.45, 7) is 2.42. The molecule has 3 aromatic carbocycles. The van der Waals surface area contributed by atoms with Gasteiger partial charge in [-0.3, -0.25) is 4.79 Å². The number of hydrogen-bond donors (Lipinski definition) is 1. The van der Waals surface area contributed by atoms with Crippen molar-refractivity contribution in [2.45, 2.75) is 13.5 Å². The third kappa shape index (κ3) is 6.29. The van der Waals surface area contributed by atoms with Crippen LogP contribution >= 0.6 is 0 Å². The van der Waals surface area contributed by atoms with Gasteiger partial charge < -0.3 is 9.47 Å². The molecule has 5 heteroatoms. The van der Waals surface area contributed by atoms with Crippen LogP contribution in [0.2, 0.25) is 0 Å². The molecule has 0 saturated carbocycles. The number of hydrazone groups is 1. The van der Waals surface area contributed by atoms with Crippen molar-refractivity contribution in [2.24, 2.45) is 5.10 Å². The Morgan fingerprint density at radius 2 is 1.54 bits per heavy atom. The number of ether oxygens (including phenoxy) is 2. The van der Waals surface area contributed by atoms with Crippen LogP contribution in [0.25, 0.3) is 0 Å². The summed E-state index contributed by atoms with van der Waals surface area (Å²) in [7, 11) is 0. The van der Waals surface area contributed by atoms with E-state index in [0.29, 0.717) is 12.4 Å². The van der Waals surface area contributed by atoms with Crippen LogP contribution in [0, 0.1) is 6.92 Å². The number of hydrogen-bond acceptors (Lipinski definition) is 4. The van der Waals surface area contributed by atoms with Crippen LogP contribution in [0.1, 0.15) is 16.7 Å². The van der Waals surface area contributed by atoms with Crippen molar-refractivity contribution < 1.29 is 14.3 Å². The van der Waals surface area contributed by atoms with Crippen LogP contribution in [0.15, 0.2) is 84.0 Å². The molecule has 142 valence electrons. The molecule has 0 atom stereocenters. The lowest BCUT2D eigenvalue weighted by atomic mass is 10.2. The Balaban J connectivity index is 1.41. The number of benzene rings is 3. The van der Waals surface area contributed by atoms with Gasteiger partial charge in [-0.15, -0.1) is 0 Å². The molecule has 0 aliphatic carbocycles. The highest BCUT2D eigenvalue weighted by Crippen LogP contribution is 2.13. The number of carbonyl (C=O) groups excluding carboxylic acids is 1. The number of rotatable bonds is 8. The average molecular weight is 374 g/mol. The number of amides is 1. The van der Waals surface area contributed by atoms with Gasteiger partial charge >= 0.3 is 0 Å². The van der Waals surface area contributed by atoms with Gasteiger partial charge in [0.2, 0.25) is 0 Å². The van der Waals surface area contributed by atoms with E-state index in [9.17, 15) is 4.79 Å². The van der Waals surface area contributed by atoms with Crippen LogP contribution in [0.3, 0.4) is 0 Å². The van der Waals surface area contributed by atoms with Gasteiger partial charge in [0, 0.05) is 0 Å². The zero-order chi connectivity index (χ0) is 19.6. The molecule has 0 bridgehead atoms. The van der Waals surface area contributed by atoms with E-state index in [2.05, 4.69) is 10.5 Å². The highest BCUT2D eigenvalue weighted by molar-refractivity contribution is 5.83. The van der Waals surface area contributed by atoms with Crippen LogP contribution in [0.5, 0.6) is 11.5 Å². The van der Waals surface area contributed by atoms with Crippen LogP contribution < -0.4 is 14.9 Å². The van der Waals surface area contributed by atoms with E-state index in [1.165, 1.54) is 0 Å². The van der Waals surface area contributed by atoms with E-state index in [1.807, 2.05) is 85.8 Å². The maximum atomic E-state index is 11.8.